The fraction of sp³-hybridized carbons (Fsp3) is 0.857. The van der Waals surface area contributed by atoms with Gasteiger partial charge in [0.15, 0.2) is 0 Å². The van der Waals surface area contributed by atoms with E-state index in [-0.39, 0.29) is 12.6 Å². The Bertz CT molecular complexity index is 262. The molecule has 0 aromatic rings. The molecule has 90 valence electrons. The Kier molecular flexibility index (Phi) is 6.47. The zero-order valence-corrected chi connectivity index (χ0v) is 10.3. The highest BCUT2D eigenvalue weighted by Gasteiger charge is 2.29. The Morgan fingerprint density at radius 3 is 2.47 bits per heavy atom. The van der Waals surface area contributed by atoms with E-state index in [1.54, 1.807) is 0 Å². The van der Waals surface area contributed by atoms with Crippen LogP contribution >= 0.6 is 19.4 Å². The van der Waals surface area contributed by atoms with Gasteiger partial charge in [-0.1, -0.05) is 0 Å². The lowest BCUT2D eigenvalue weighted by atomic mass is 10.2. The van der Waals surface area contributed by atoms with Crippen LogP contribution in [0.15, 0.2) is 0 Å². The lowest BCUT2D eigenvalue weighted by Gasteiger charge is -2.18. The quantitative estimate of drug-likeness (QED) is 0.396. The molecule has 8 heteroatoms. The molecule has 0 fully saturated rings. The number of nitrogens with one attached hydrogen (secondary N) is 1. The molecule has 0 aromatic heterocycles. The summed E-state index contributed by atoms with van der Waals surface area (Å²) < 4.78 is 20.2. The third-order valence-electron chi connectivity index (χ3n) is 2.11. The summed E-state index contributed by atoms with van der Waals surface area (Å²) in [5.41, 5.74) is 0. The van der Waals surface area contributed by atoms with E-state index in [2.05, 4.69) is 5.32 Å². The number of likely N-dealkylation sites (N-methyl/N-ethyl adjacent to an activating group) is 1. The topological polar surface area (TPSA) is 107 Å². The van der Waals surface area contributed by atoms with E-state index in [0.717, 1.165) is 0 Å². The summed E-state index contributed by atoms with van der Waals surface area (Å²) in [5.74, 6) is -1.05. The summed E-state index contributed by atoms with van der Waals surface area (Å²) in [5, 5.41) is 11.2. The first kappa shape index (κ1) is 14.9. The summed E-state index contributed by atoms with van der Waals surface area (Å²) >= 11 is 0.318. The number of carbonyl (C=O) groups is 1. The number of carboxylic acid groups (broad SMARTS) is 1. The SMILES string of the molecule is CNC(CCP(=O)(O)C(C)SO)C(=O)O. The van der Waals surface area contributed by atoms with Gasteiger partial charge in [0.05, 0.1) is 0 Å². The fourth-order valence-corrected chi connectivity index (χ4v) is 2.86. The first-order valence-corrected chi connectivity index (χ1v) is 7.12. The first-order chi connectivity index (χ1) is 6.85. The third-order valence-corrected chi connectivity index (χ3v) is 5.72. The monoisotopic (exact) mass is 257 g/mol. The molecule has 0 saturated carbocycles. The molecule has 0 aromatic carbocycles. The molecule has 0 spiro atoms. The van der Waals surface area contributed by atoms with Crippen molar-refractivity contribution in [3.63, 3.8) is 0 Å². The van der Waals surface area contributed by atoms with Crippen molar-refractivity contribution in [3.05, 3.63) is 0 Å². The number of aliphatic carboxylic acids is 1. The molecule has 0 bridgehead atoms. The van der Waals surface area contributed by atoms with Crippen LogP contribution in [0.25, 0.3) is 0 Å². The van der Waals surface area contributed by atoms with Gasteiger partial charge in [-0.2, -0.15) is 0 Å². The van der Waals surface area contributed by atoms with Gasteiger partial charge in [-0.3, -0.25) is 9.36 Å². The Morgan fingerprint density at radius 2 is 2.13 bits per heavy atom. The molecule has 0 rings (SSSR count). The minimum absolute atomic E-state index is 0.0600. The van der Waals surface area contributed by atoms with Crippen LogP contribution in [-0.2, 0) is 9.36 Å². The average Bonchev–Trinajstić information content (AvgIpc) is 2.16. The van der Waals surface area contributed by atoms with Crippen molar-refractivity contribution in [3.8, 4) is 0 Å². The Balaban J connectivity index is 4.24. The van der Waals surface area contributed by atoms with Crippen LogP contribution in [0.1, 0.15) is 13.3 Å². The van der Waals surface area contributed by atoms with Crippen molar-refractivity contribution in [1.82, 2.24) is 5.32 Å². The van der Waals surface area contributed by atoms with Gasteiger partial charge in [-0.25, -0.2) is 0 Å². The van der Waals surface area contributed by atoms with Gasteiger partial charge in [0.1, 0.15) is 11.0 Å². The predicted molar refractivity (Wildman–Crippen MR) is 59.5 cm³/mol. The van der Waals surface area contributed by atoms with Crippen LogP contribution in [0.4, 0.5) is 0 Å². The first-order valence-electron chi connectivity index (χ1n) is 4.37. The summed E-state index contributed by atoms with van der Waals surface area (Å²) in [6, 6.07) is -0.832. The molecular weight excluding hydrogens is 241 g/mol. The maximum Gasteiger partial charge on any atom is 0.320 e. The predicted octanol–water partition coefficient (Wildman–Crippen LogP) is 0.872. The van der Waals surface area contributed by atoms with E-state index in [0.29, 0.717) is 12.0 Å². The summed E-state index contributed by atoms with van der Waals surface area (Å²) in [6.45, 7) is 1.43. The van der Waals surface area contributed by atoms with Gasteiger partial charge >= 0.3 is 5.97 Å². The molecule has 3 atom stereocenters. The van der Waals surface area contributed by atoms with Gasteiger partial charge < -0.3 is 19.9 Å². The molecule has 4 N–H and O–H groups in total. The Hall–Kier alpha value is -0.0700. The van der Waals surface area contributed by atoms with Crippen LogP contribution in [-0.4, -0.2) is 44.8 Å². The molecule has 0 aliphatic heterocycles. The molecule has 0 aliphatic rings. The normalized spacial score (nSPS) is 19.2. The molecule has 15 heavy (non-hydrogen) atoms. The highest BCUT2D eigenvalue weighted by atomic mass is 32.2. The van der Waals surface area contributed by atoms with Gasteiger partial charge in [-0.05, 0) is 20.4 Å². The molecule has 0 radical (unpaired) electrons. The van der Waals surface area contributed by atoms with Crippen LogP contribution in [0.2, 0.25) is 0 Å². The standard InChI is InChI=1S/C7H16NO5PS/c1-5(15-13)14(11,12)4-3-6(8-2)7(9)10/h5-6,8,13H,3-4H2,1-2H3,(H,9,10)(H,11,12). The molecule has 0 aliphatic carbocycles. The van der Waals surface area contributed by atoms with E-state index >= 15 is 0 Å². The number of carboxylic acids is 1. The minimum atomic E-state index is -3.48. The van der Waals surface area contributed by atoms with E-state index in [9.17, 15) is 14.3 Å². The maximum atomic E-state index is 11.5. The lowest BCUT2D eigenvalue weighted by Crippen LogP contribution is -2.34. The van der Waals surface area contributed by atoms with Crippen LogP contribution in [0.3, 0.4) is 0 Å². The van der Waals surface area contributed by atoms with Gasteiger partial charge in [0, 0.05) is 18.2 Å². The third kappa shape index (κ3) is 4.99. The molecular formula is C7H16NO5PS. The summed E-state index contributed by atoms with van der Waals surface area (Å²) in [4.78, 5) is 19.3. The highest BCUT2D eigenvalue weighted by molar-refractivity contribution is 8.01. The second-order valence-corrected chi connectivity index (χ2v) is 7.15. The van der Waals surface area contributed by atoms with Gasteiger partial charge in [-0.15, -0.1) is 0 Å². The summed E-state index contributed by atoms with van der Waals surface area (Å²) in [7, 11) is -2.00. The molecule has 0 heterocycles. The van der Waals surface area contributed by atoms with Crippen LogP contribution in [0.5, 0.6) is 0 Å². The maximum absolute atomic E-state index is 11.5. The average molecular weight is 257 g/mol. The van der Waals surface area contributed by atoms with Crippen molar-refractivity contribution in [2.24, 2.45) is 0 Å². The molecule has 0 saturated heterocycles. The fourth-order valence-electron chi connectivity index (χ4n) is 0.961. The highest BCUT2D eigenvalue weighted by Crippen LogP contribution is 2.50. The molecule has 6 nitrogen and oxygen atoms in total. The van der Waals surface area contributed by atoms with E-state index in [1.165, 1.54) is 14.0 Å². The summed E-state index contributed by atoms with van der Waals surface area (Å²) in [6.07, 6.45) is -0.0654. The van der Waals surface area contributed by atoms with E-state index in [4.69, 9.17) is 9.66 Å². The van der Waals surface area contributed by atoms with Crippen molar-refractivity contribution in [2.45, 2.75) is 24.4 Å². The second-order valence-electron chi connectivity index (χ2n) is 3.15. The second kappa shape index (κ2) is 6.50. The number of hydrogen-bond donors (Lipinski definition) is 4. The zero-order chi connectivity index (χ0) is 12.1. The van der Waals surface area contributed by atoms with E-state index in [1.807, 2.05) is 0 Å². The Labute approximate surface area is 92.7 Å². The van der Waals surface area contributed by atoms with E-state index < -0.39 is 24.4 Å². The molecule has 0 amide bonds. The number of hydrogen-bond acceptors (Lipinski definition) is 5. The number of rotatable bonds is 7. The Morgan fingerprint density at radius 1 is 1.60 bits per heavy atom. The van der Waals surface area contributed by atoms with Crippen LogP contribution in [0, 0.1) is 0 Å². The smallest absolute Gasteiger partial charge is 0.320 e. The zero-order valence-electron chi connectivity index (χ0n) is 8.58. The van der Waals surface area contributed by atoms with Crippen molar-refractivity contribution in [1.29, 1.82) is 0 Å². The van der Waals surface area contributed by atoms with Crippen LogP contribution < -0.4 is 5.32 Å². The molecule has 3 unspecified atom stereocenters. The van der Waals surface area contributed by atoms with Crippen molar-refractivity contribution in [2.75, 3.05) is 13.2 Å². The van der Waals surface area contributed by atoms with Gasteiger partial charge in [0.2, 0.25) is 7.37 Å². The van der Waals surface area contributed by atoms with Gasteiger partial charge in [0.25, 0.3) is 0 Å². The van der Waals surface area contributed by atoms with Crippen molar-refractivity contribution < 1.29 is 23.9 Å². The largest absolute Gasteiger partial charge is 0.480 e. The van der Waals surface area contributed by atoms with Crippen molar-refractivity contribution >= 4 is 25.4 Å². The lowest BCUT2D eigenvalue weighted by molar-refractivity contribution is -0.139. The minimum Gasteiger partial charge on any atom is -0.480 e.